The molecular formula is C17H27NO2. The molecule has 3 heteroatoms. The molecule has 3 nitrogen and oxygen atoms in total. The van der Waals surface area contributed by atoms with Gasteiger partial charge < -0.3 is 4.74 Å². The topological polar surface area (TPSA) is 38.7 Å². The highest BCUT2D eigenvalue weighted by molar-refractivity contribution is 5.70. The van der Waals surface area contributed by atoms with Gasteiger partial charge in [0, 0.05) is 18.3 Å². The maximum atomic E-state index is 11.9. The quantitative estimate of drug-likeness (QED) is 0.701. The van der Waals surface area contributed by atoms with Crippen LogP contribution in [0.2, 0.25) is 0 Å². The smallest absolute Gasteiger partial charge is 0.306 e. The van der Waals surface area contributed by atoms with Crippen molar-refractivity contribution < 1.29 is 9.53 Å². The Hall–Kier alpha value is -1.12. The van der Waals surface area contributed by atoms with Gasteiger partial charge in [0.1, 0.15) is 5.60 Å². The maximum absolute atomic E-state index is 11.9. The van der Waals surface area contributed by atoms with Gasteiger partial charge in [0.2, 0.25) is 0 Å². The van der Waals surface area contributed by atoms with Gasteiger partial charge in [-0.2, -0.15) is 0 Å². The van der Waals surface area contributed by atoms with Gasteiger partial charge in [0.25, 0.3) is 0 Å². The molecule has 0 bridgehead atoms. The molecule has 0 aromatic rings. The molecule has 1 aliphatic heterocycles. The highest BCUT2D eigenvalue weighted by atomic mass is 16.6. The SMILES string of the molecule is CC(C)(C)OC(=O)CC1CCC2=C(CC1)N=CCCC2. The third kappa shape index (κ3) is 4.77. The van der Waals surface area contributed by atoms with Gasteiger partial charge >= 0.3 is 5.97 Å². The molecule has 0 saturated carbocycles. The van der Waals surface area contributed by atoms with Crippen LogP contribution < -0.4 is 0 Å². The fourth-order valence-electron chi connectivity index (χ4n) is 3.01. The molecule has 0 aromatic heterocycles. The second-order valence-electron chi connectivity index (χ2n) is 6.99. The molecule has 2 aliphatic rings. The number of aliphatic imine (C=N–C) groups is 1. The Bertz CT molecular complexity index is 415. The summed E-state index contributed by atoms with van der Waals surface area (Å²) in [5, 5.41) is 0. The summed E-state index contributed by atoms with van der Waals surface area (Å²) in [6, 6.07) is 0. The number of nitrogens with zero attached hydrogens (tertiary/aromatic N) is 1. The predicted molar refractivity (Wildman–Crippen MR) is 81.8 cm³/mol. The standard InChI is InChI=1S/C17H27NO2/c1-17(2,3)20-16(19)12-13-7-9-14-6-4-5-11-18-15(14)10-8-13/h11,13H,4-10,12H2,1-3H3. The predicted octanol–water partition coefficient (Wildman–Crippen LogP) is 4.42. The second kappa shape index (κ2) is 6.55. The fraction of sp³-hybridized carbons (Fsp3) is 0.765. The van der Waals surface area contributed by atoms with Crippen LogP contribution in [0.3, 0.4) is 0 Å². The zero-order chi connectivity index (χ0) is 14.6. The van der Waals surface area contributed by atoms with E-state index >= 15 is 0 Å². The molecule has 0 amide bonds. The van der Waals surface area contributed by atoms with Crippen LogP contribution in [0.15, 0.2) is 16.3 Å². The van der Waals surface area contributed by atoms with E-state index in [1.807, 2.05) is 20.8 Å². The van der Waals surface area contributed by atoms with E-state index in [9.17, 15) is 4.79 Å². The summed E-state index contributed by atoms with van der Waals surface area (Å²) in [6.45, 7) is 5.78. The summed E-state index contributed by atoms with van der Waals surface area (Å²) in [7, 11) is 0. The summed E-state index contributed by atoms with van der Waals surface area (Å²) >= 11 is 0. The van der Waals surface area contributed by atoms with Gasteiger partial charge in [-0.3, -0.25) is 9.79 Å². The van der Waals surface area contributed by atoms with Crippen LogP contribution in [0.5, 0.6) is 0 Å². The first-order valence-electron chi connectivity index (χ1n) is 7.89. The normalized spacial score (nSPS) is 23.9. The zero-order valence-corrected chi connectivity index (χ0v) is 13.1. The molecule has 0 fully saturated rings. The molecule has 20 heavy (non-hydrogen) atoms. The molecule has 0 radical (unpaired) electrons. The molecule has 1 atom stereocenters. The van der Waals surface area contributed by atoms with Crippen LogP contribution in [0.4, 0.5) is 0 Å². The second-order valence-corrected chi connectivity index (χ2v) is 6.99. The zero-order valence-electron chi connectivity index (χ0n) is 13.1. The van der Waals surface area contributed by atoms with E-state index < -0.39 is 0 Å². The van der Waals surface area contributed by atoms with Crippen LogP contribution in [-0.4, -0.2) is 17.8 Å². The maximum Gasteiger partial charge on any atom is 0.306 e. The van der Waals surface area contributed by atoms with E-state index in [1.54, 1.807) is 0 Å². The molecule has 1 heterocycles. The van der Waals surface area contributed by atoms with Crippen molar-refractivity contribution in [3.63, 3.8) is 0 Å². The average molecular weight is 277 g/mol. The number of ether oxygens (including phenoxy) is 1. The molecule has 0 aromatic carbocycles. The summed E-state index contributed by atoms with van der Waals surface area (Å²) in [4.78, 5) is 16.6. The molecule has 0 saturated heterocycles. The van der Waals surface area contributed by atoms with Crippen molar-refractivity contribution in [2.24, 2.45) is 10.9 Å². The lowest BCUT2D eigenvalue weighted by Crippen LogP contribution is -2.25. The number of carbonyl (C=O) groups excluding carboxylic acids is 1. The highest BCUT2D eigenvalue weighted by Crippen LogP contribution is 2.34. The minimum atomic E-state index is -0.374. The van der Waals surface area contributed by atoms with Crippen molar-refractivity contribution in [3.05, 3.63) is 11.3 Å². The summed E-state index contributed by atoms with van der Waals surface area (Å²) in [5.74, 6) is 0.398. The Morgan fingerprint density at radius 3 is 2.80 bits per heavy atom. The third-order valence-electron chi connectivity index (χ3n) is 3.99. The van der Waals surface area contributed by atoms with E-state index in [0.29, 0.717) is 12.3 Å². The molecule has 2 rings (SSSR count). The first-order chi connectivity index (χ1) is 9.44. The van der Waals surface area contributed by atoms with E-state index in [2.05, 4.69) is 11.2 Å². The lowest BCUT2D eigenvalue weighted by atomic mass is 9.95. The molecular weight excluding hydrogens is 250 g/mol. The van der Waals surface area contributed by atoms with Crippen LogP contribution in [0, 0.1) is 5.92 Å². The van der Waals surface area contributed by atoms with Gasteiger partial charge in [0.05, 0.1) is 0 Å². The first-order valence-corrected chi connectivity index (χ1v) is 7.89. The lowest BCUT2D eigenvalue weighted by molar-refractivity contribution is -0.156. The van der Waals surface area contributed by atoms with Crippen LogP contribution in [0.25, 0.3) is 0 Å². The van der Waals surface area contributed by atoms with E-state index in [-0.39, 0.29) is 11.6 Å². The Balaban J connectivity index is 1.87. The Labute approximate surface area is 122 Å². The molecule has 1 aliphatic carbocycles. The third-order valence-corrected chi connectivity index (χ3v) is 3.99. The number of allylic oxidation sites excluding steroid dienone is 2. The highest BCUT2D eigenvalue weighted by Gasteiger charge is 2.23. The van der Waals surface area contributed by atoms with Crippen LogP contribution in [0.1, 0.15) is 72.1 Å². The van der Waals surface area contributed by atoms with Gasteiger partial charge in [-0.1, -0.05) is 0 Å². The summed E-state index contributed by atoms with van der Waals surface area (Å²) < 4.78 is 5.44. The van der Waals surface area contributed by atoms with Crippen molar-refractivity contribution in [2.45, 2.75) is 77.7 Å². The van der Waals surface area contributed by atoms with Crippen molar-refractivity contribution in [1.29, 1.82) is 0 Å². The minimum absolute atomic E-state index is 0.0527. The van der Waals surface area contributed by atoms with Crippen molar-refractivity contribution in [1.82, 2.24) is 0 Å². The Kier molecular flexibility index (Phi) is 5.00. The fourth-order valence-corrected chi connectivity index (χ4v) is 3.01. The van der Waals surface area contributed by atoms with Gasteiger partial charge in [-0.25, -0.2) is 0 Å². The van der Waals surface area contributed by atoms with E-state index in [1.165, 1.54) is 24.1 Å². The number of esters is 1. The number of rotatable bonds is 2. The first kappa shape index (κ1) is 15.3. The van der Waals surface area contributed by atoms with Gasteiger partial charge in [-0.15, -0.1) is 0 Å². The molecule has 0 N–H and O–H groups in total. The summed E-state index contributed by atoms with van der Waals surface area (Å²) in [5.41, 5.74) is 2.46. The molecule has 1 unspecified atom stereocenters. The van der Waals surface area contributed by atoms with Gasteiger partial charge in [-0.05, 0) is 77.2 Å². The van der Waals surface area contributed by atoms with Crippen molar-refractivity contribution >= 4 is 12.2 Å². The molecule has 112 valence electrons. The van der Waals surface area contributed by atoms with Crippen molar-refractivity contribution in [3.8, 4) is 0 Å². The number of hydrogen-bond donors (Lipinski definition) is 0. The Morgan fingerprint density at radius 2 is 2.05 bits per heavy atom. The lowest BCUT2D eigenvalue weighted by Gasteiger charge is -2.21. The van der Waals surface area contributed by atoms with Gasteiger partial charge in [0.15, 0.2) is 0 Å². The Morgan fingerprint density at radius 1 is 1.30 bits per heavy atom. The average Bonchev–Trinajstić information content (AvgIpc) is 2.63. The number of hydrogen-bond acceptors (Lipinski definition) is 3. The van der Waals surface area contributed by atoms with Crippen LogP contribution in [-0.2, 0) is 9.53 Å². The minimum Gasteiger partial charge on any atom is -0.460 e. The number of carbonyl (C=O) groups is 1. The van der Waals surface area contributed by atoms with Crippen LogP contribution >= 0.6 is 0 Å². The van der Waals surface area contributed by atoms with E-state index in [0.717, 1.165) is 32.1 Å². The van der Waals surface area contributed by atoms with Crippen molar-refractivity contribution in [2.75, 3.05) is 0 Å². The monoisotopic (exact) mass is 277 g/mol. The largest absolute Gasteiger partial charge is 0.460 e. The van der Waals surface area contributed by atoms with E-state index in [4.69, 9.17) is 4.74 Å². The summed E-state index contributed by atoms with van der Waals surface area (Å²) in [6.07, 6.45) is 10.4. The molecule has 0 spiro atoms.